The Hall–Kier alpha value is -10.3. The molecule has 0 saturated heterocycles. The summed E-state index contributed by atoms with van der Waals surface area (Å²) in [5.41, 5.74) is 8.98. The van der Waals surface area contributed by atoms with Crippen LogP contribution < -0.4 is 53.5 Å². The molecule has 31 heteroatoms. The number of hydrogen-bond acceptors (Lipinski definition) is 22. The molecule has 0 bridgehead atoms. The van der Waals surface area contributed by atoms with E-state index >= 15 is 0 Å². The lowest BCUT2D eigenvalue weighted by Crippen LogP contribution is -2.48. The van der Waals surface area contributed by atoms with E-state index in [1.165, 1.54) is 35.1 Å². The second-order valence-corrected chi connectivity index (χ2v) is 21.4. The highest BCUT2D eigenvalue weighted by molar-refractivity contribution is 8.76. The van der Waals surface area contributed by atoms with Crippen molar-refractivity contribution in [2.24, 2.45) is 0 Å². The van der Waals surface area contributed by atoms with Crippen LogP contribution in [0.1, 0.15) is 74.5 Å². The highest BCUT2D eigenvalue weighted by Gasteiger charge is 2.35. The predicted octanol–water partition coefficient (Wildman–Crippen LogP) is 1.52. The van der Waals surface area contributed by atoms with Gasteiger partial charge in [-0.1, -0.05) is 40.6 Å². The minimum absolute atomic E-state index is 0.0302. The number of anilines is 2. The molecule has 9 rings (SSSR count). The number of carbonyl (C=O) groups is 9. The average Bonchev–Trinajstić information content (AvgIpc) is 1.75. The van der Waals surface area contributed by atoms with Gasteiger partial charge in [-0.25, -0.2) is 29.3 Å². The number of cyclic esters (lactones) is 1. The molecule has 7 aromatic rings. The van der Waals surface area contributed by atoms with Gasteiger partial charge in [-0.3, -0.25) is 43.3 Å². The number of aliphatic hydroxyl groups is 1. The van der Waals surface area contributed by atoms with E-state index in [0.29, 0.717) is 40.0 Å². The highest BCUT2D eigenvalue weighted by atomic mass is 33.1. The van der Waals surface area contributed by atoms with Gasteiger partial charge in [0.2, 0.25) is 29.6 Å². The summed E-state index contributed by atoms with van der Waals surface area (Å²) in [7, 11) is 2.37. The third-order valence-electron chi connectivity index (χ3n) is 13.2. The highest BCUT2D eigenvalue weighted by Crippen LogP contribution is 2.39. The number of hydrogen-bond donors (Lipinski definition) is 10. The summed E-state index contributed by atoms with van der Waals surface area (Å²) in [6.07, 6.45) is -0.689. The number of benzene rings is 3. The van der Waals surface area contributed by atoms with Crippen LogP contribution in [0.25, 0.3) is 33.5 Å². The van der Waals surface area contributed by atoms with Gasteiger partial charge in [0, 0.05) is 51.4 Å². The molecule has 29 nitrogen and oxygen atoms in total. The summed E-state index contributed by atoms with van der Waals surface area (Å²) in [5, 5.41) is 35.5. The molecule has 6 amide bonds. The van der Waals surface area contributed by atoms with Gasteiger partial charge in [-0.2, -0.15) is 4.98 Å². The van der Waals surface area contributed by atoms with Crippen LogP contribution in [0.3, 0.4) is 0 Å². The number of carboxylic acids is 1. The molecule has 0 aliphatic carbocycles. The number of carbonyl (C=O) groups excluding carboxylic acids is 8. The molecule has 0 fully saturated rings. The number of esters is 1. The number of ether oxygens (including phenoxy) is 3. The molecule has 0 spiro atoms. The first-order valence-corrected chi connectivity index (χ1v) is 28.5. The van der Waals surface area contributed by atoms with Crippen LogP contribution >= 0.6 is 21.6 Å². The van der Waals surface area contributed by atoms with Gasteiger partial charge in [0.05, 0.1) is 54.8 Å². The van der Waals surface area contributed by atoms with Gasteiger partial charge < -0.3 is 66.6 Å². The number of rotatable bonds is 23. The van der Waals surface area contributed by atoms with Crippen molar-refractivity contribution >= 4 is 109 Å². The zero-order chi connectivity index (χ0) is 61.2. The number of aromatic amines is 1. The molecule has 1 unspecified atom stereocenters. The molecule has 3 aromatic carbocycles. The van der Waals surface area contributed by atoms with Gasteiger partial charge in [-0.05, 0) is 84.6 Å². The van der Waals surface area contributed by atoms with Crippen LogP contribution in [0.4, 0.5) is 16.4 Å². The molecule has 6 heterocycles. The molecular weight excluding hydrogens is 1160 g/mol. The van der Waals surface area contributed by atoms with Gasteiger partial charge in [0.25, 0.3) is 22.9 Å². The van der Waals surface area contributed by atoms with Crippen molar-refractivity contribution in [1.29, 1.82) is 0 Å². The lowest BCUT2D eigenvalue weighted by molar-refractivity contribution is -0.157. The number of nitrogen functional groups attached to an aromatic ring is 1. The number of pyridine rings is 2. The summed E-state index contributed by atoms with van der Waals surface area (Å²) in [4.78, 5) is 157. The van der Waals surface area contributed by atoms with E-state index in [0.717, 1.165) is 33.0 Å². The molecule has 4 aromatic heterocycles. The average molecular weight is 1210 g/mol. The summed E-state index contributed by atoms with van der Waals surface area (Å²) in [5.74, 6) is -6.07. The summed E-state index contributed by atoms with van der Waals surface area (Å²) >= 11 is 0. The SMILES string of the molecule is CCc1c2c(nc3ccc(OC(=O)OCc4ccc(SSC[C@H](NC(=O)CNC(=O)CNC(=O)CNC(=O)CCCNC(=O)c5ccc(NC(=O)c6cnc7nc(N)[nH]c(=O)c7n6)cc5)C(=O)O)cc4)cc13)-c1cc3c(c(=O)n1C2)COC(=O)C3O. The van der Waals surface area contributed by atoms with Crippen LogP contribution in [0.5, 0.6) is 5.75 Å². The fraction of sp³-hybridized carbons (Fsp3) is 0.255. The van der Waals surface area contributed by atoms with Crippen LogP contribution in [0, 0.1) is 0 Å². The Balaban J connectivity index is 0.621. The number of H-pyrrole nitrogens is 1. The Morgan fingerprint density at radius 3 is 2.29 bits per heavy atom. The molecule has 86 heavy (non-hydrogen) atoms. The number of aliphatic hydroxyl groups excluding tert-OH is 1. The number of nitrogens with one attached hydrogen (secondary N) is 7. The minimum atomic E-state index is -1.58. The Bertz CT molecular complexity index is 4010. The summed E-state index contributed by atoms with van der Waals surface area (Å²) in [6, 6.07) is 17.9. The normalized spacial score (nSPS) is 13.2. The molecule has 2 aliphatic rings. The van der Waals surface area contributed by atoms with Crippen molar-refractivity contribution in [1.82, 2.24) is 56.1 Å². The first-order valence-electron chi connectivity index (χ1n) is 26.2. The number of fused-ring (bicyclic) bond motifs is 6. The Kier molecular flexibility index (Phi) is 18.9. The van der Waals surface area contributed by atoms with E-state index < -0.39 is 90.9 Å². The number of amides is 6. The number of nitrogens with two attached hydrogens (primary N) is 1. The van der Waals surface area contributed by atoms with Gasteiger partial charge in [-0.15, -0.1) is 0 Å². The van der Waals surface area contributed by atoms with E-state index in [-0.39, 0.29) is 95.7 Å². The quantitative estimate of drug-likeness (QED) is 0.0188. The monoisotopic (exact) mass is 1210 g/mol. The van der Waals surface area contributed by atoms with E-state index in [1.807, 2.05) is 6.92 Å². The van der Waals surface area contributed by atoms with Crippen molar-refractivity contribution in [3.63, 3.8) is 0 Å². The first-order chi connectivity index (χ1) is 41.3. The van der Waals surface area contributed by atoms with Gasteiger partial charge in [0.1, 0.15) is 30.7 Å². The van der Waals surface area contributed by atoms with Crippen molar-refractivity contribution < 1.29 is 67.6 Å². The molecule has 444 valence electrons. The van der Waals surface area contributed by atoms with Crippen molar-refractivity contribution in [2.75, 3.05) is 43.0 Å². The maximum absolute atomic E-state index is 13.4. The van der Waals surface area contributed by atoms with Crippen molar-refractivity contribution in [2.45, 2.75) is 63.0 Å². The van der Waals surface area contributed by atoms with Crippen LogP contribution in [-0.4, -0.2) is 131 Å². The van der Waals surface area contributed by atoms with Crippen molar-refractivity contribution in [3.8, 4) is 17.1 Å². The number of aliphatic carboxylic acids is 1. The second-order valence-electron chi connectivity index (χ2n) is 19.0. The first kappa shape index (κ1) is 60.3. The fourth-order valence-electron chi connectivity index (χ4n) is 8.90. The molecule has 11 N–H and O–H groups in total. The smallest absolute Gasteiger partial charge is 0.480 e. The third kappa shape index (κ3) is 14.5. The Morgan fingerprint density at radius 1 is 0.849 bits per heavy atom. The largest absolute Gasteiger partial charge is 0.514 e. The van der Waals surface area contributed by atoms with Crippen LogP contribution in [0.2, 0.25) is 0 Å². The standard InChI is InChI=1S/C55H51N13O16S2/c1-2-31-32-16-29(11-14-36(32)64-44-34(31)22-68-39(44)17-33-35(51(68)77)24-82-53(80)46(33)73)84-55(81)83-23-26-5-12-30(13-6-26)86-85-25-38(52(78)79)63-43(72)21-60-42(71)20-59-41(70)19-58-40(69)4-3-15-57-48(74)27-7-9-28(10-8-27)62-49(75)37-18-61-47-45(65-37)50(76)67-54(56)66-47/h5-14,16-18,38,46,73H,2-4,15,19-25H2,1H3,(H,57,74)(H,58,69)(H,59,70)(H,60,71)(H,62,75)(H,63,72)(H,78,79)(H3,56,61,66,67,76)/t38-,46?/m0/s1. The van der Waals surface area contributed by atoms with E-state index in [4.69, 9.17) is 24.9 Å². The maximum atomic E-state index is 13.4. The zero-order valence-corrected chi connectivity index (χ0v) is 46.8. The van der Waals surface area contributed by atoms with Gasteiger partial charge >= 0.3 is 18.1 Å². The maximum Gasteiger partial charge on any atom is 0.514 e. The van der Waals surface area contributed by atoms with Crippen molar-refractivity contribution in [3.05, 3.63) is 139 Å². The molecule has 0 saturated carbocycles. The molecule has 0 radical (unpaired) electrons. The topological polar surface area (TPSA) is 426 Å². The number of aromatic nitrogens is 6. The number of nitrogens with zero attached hydrogens (tertiary/aromatic N) is 5. The lowest BCUT2D eigenvalue weighted by Gasteiger charge is -2.21. The van der Waals surface area contributed by atoms with Gasteiger partial charge in [0.15, 0.2) is 17.3 Å². The van der Waals surface area contributed by atoms with E-state index in [9.17, 15) is 63.0 Å². The molecule has 2 atom stereocenters. The second kappa shape index (κ2) is 27.0. The minimum Gasteiger partial charge on any atom is -0.480 e. The number of aryl methyl sites for hydroxylation is 1. The molecule has 2 aliphatic heterocycles. The summed E-state index contributed by atoms with van der Waals surface area (Å²) < 4.78 is 17.4. The van der Waals surface area contributed by atoms with Crippen LogP contribution in [0.15, 0.2) is 93.5 Å². The van der Waals surface area contributed by atoms with Crippen LogP contribution in [-0.2, 0) is 64.4 Å². The third-order valence-corrected chi connectivity index (χ3v) is 15.6. The lowest BCUT2D eigenvalue weighted by atomic mass is 9.97. The fourth-order valence-corrected chi connectivity index (χ4v) is 11.1. The Labute approximate surface area is 492 Å². The zero-order valence-electron chi connectivity index (χ0n) is 45.2. The number of carboxylic acid groups (broad SMARTS) is 1. The predicted molar refractivity (Wildman–Crippen MR) is 307 cm³/mol. The summed E-state index contributed by atoms with van der Waals surface area (Å²) in [6.45, 7) is 0.299. The van der Waals surface area contributed by atoms with E-state index in [1.54, 1.807) is 53.1 Å². The molecular formula is C55H51N13O16S2. The van der Waals surface area contributed by atoms with E-state index in [2.05, 4.69) is 51.8 Å². The Morgan fingerprint density at radius 2 is 1.57 bits per heavy atom.